The molecule has 2 aliphatic rings. The van der Waals surface area contributed by atoms with Gasteiger partial charge < -0.3 is 25.3 Å². The Hall–Kier alpha value is -3.47. The summed E-state index contributed by atoms with van der Waals surface area (Å²) in [7, 11) is 0. The smallest absolute Gasteiger partial charge is 0.432 e. The molecule has 4 amide bonds. The Balaban J connectivity index is 1.20. The summed E-state index contributed by atoms with van der Waals surface area (Å²) in [6.45, 7) is 1.21. The fraction of sp³-hybridized carbons (Fsp3) is 0.542. The SMILES string of the molecule is NC(=O)c1ccc(OC(=O)OCCOCCNC(=O)C2CCC(CN3C(=O)CCC3=O)CC2)cc1. The molecule has 0 atom stereocenters. The van der Waals surface area contributed by atoms with Gasteiger partial charge in [0, 0.05) is 37.4 Å². The van der Waals surface area contributed by atoms with E-state index in [-0.39, 0.29) is 55.1 Å². The van der Waals surface area contributed by atoms with Gasteiger partial charge in [-0.15, -0.1) is 0 Å². The lowest BCUT2D eigenvalue weighted by atomic mass is 9.81. The summed E-state index contributed by atoms with van der Waals surface area (Å²) in [6.07, 6.45) is 2.81. The largest absolute Gasteiger partial charge is 0.513 e. The lowest BCUT2D eigenvalue weighted by Gasteiger charge is -2.30. The third kappa shape index (κ3) is 8.06. The number of ether oxygens (including phenoxy) is 3. The lowest BCUT2D eigenvalue weighted by Crippen LogP contribution is -2.38. The molecule has 1 aliphatic carbocycles. The summed E-state index contributed by atoms with van der Waals surface area (Å²) >= 11 is 0. The lowest BCUT2D eigenvalue weighted by molar-refractivity contribution is -0.139. The van der Waals surface area contributed by atoms with Crippen LogP contribution in [0.25, 0.3) is 0 Å². The Morgan fingerprint density at radius 3 is 2.23 bits per heavy atom. The Labute approximate surface area is 203 Å². The van der Waals surface area contributed by atoms with Crippen LogP contribution in [0, 0.1) is 11.8 Å². The van der Waals surface area contributed by atoms with Crippen molar-refractivity contribution in [1.82, 2.24) is 10.2 Å². The van der Waals surface area contributed by atoms with E-state index in [1.165, 1.54) is 29.2 Å². The van der Waals surface area contributed by atoms with E-state index < -0.39 is 12.1 Å². The maximum Gasteiger partial charge on any atom is 0.513 e. The van der Waals surface area contributed by atoms with E-state index >= 15 is 0 Å². The predicted molar refractivity (Wildman–Crippen MR) is 122 cm³/mol. The highest BCUT2D eigenvalue weighted by Crippen LogP contribution is 2.30. The maximum absolute atomic E-state index is 12.4. The molecule has 1 saturated carbocycles. The van der Waals surface area contributed by atoms with Crippen molar-refractivity contribution >= 4 is 29.8 Å². The van der Waals surface area contributed by atoms with Crippen LogP contribution in [0.3, 0.4) is 0 Å². The molecule has 11 heteroatoms. The number of nitrogens with zero attached hydrogens (tertiary/aromatic N) is 1. The van der Waals surface area contributed by atoms with Gasteiger partial charge in [0.25, 0.3) is 0 Å². The zero-order chi connectivity index (χ0) is 25.2. The summed E-state index contributed by atoms with van der Waals surface area (Å²) in [5.41, 5.74) is 5.44. The fourth-order valence-corrected chi connectivity index (χ4v) is 4.18. The van der Waals surface area contributed by atoms with Crippen molar-refractivity contribution in [2.24, 2.45) is 17.6 Å². The minimum Gasteiger partial charge on any atom is -0.432 e. The van der Waals surface area contributed by atoms with E-state index in [1.54, 1.807) is 0 Å². The van der Waals surface area contributed by atoms with Gasteiger partial charge in [-0.3, -0.25) is 24.1 Å². The first-order valence-electron chi connectivity index (χ1n) is 11.8. The number of primary amides is 1. The van der Waals surface area contributed by atoms with Gasteiger partial charge in [0.1, 0.15) is 12.4 Å². The van der Waals surface area contributed by atoms with E-state index in [4.69, 9.17) is 19.9 Å². The summed E-state index contributed by atoms with van der Waals surface area (Å²) in [5.74, 6) is -0.383. The molecule has 0 spiro atoms. The standard InChI is InChI=1S/C24H31N3O8/c25-22(30)17-5-7-19(8-6-17)35-24(32)34-14-13-33-12-11-26-23(31)18-3-1-16(2-4-18)15-27-20(28)9-10-21(27)29/h5-8,16,18H,1-4,9-15H2,(H2,25,30)(H,26,31). The van der Waals surface area contributed by atoms with E-state index in [0.717, 1.165) is 25.7 Å². The Bertz CT molecular complexity index is 909. The van der Waals surface area contributed by atoms with Gasteiger partial charge in [0.2, 0.25) is 23.6 Å². The van der Waals surface area contributed by atoms with Crippen LogP contribution >= 0.6 is 0 Å². The number of carbonyl (C=O) groups excluding carboxylic acids is 5. The van der Waals surface area contributed by atoms with Crippen LogP contribution < -0.4 is 15.8 Å². The van der Waals surface area contributed by atoms with Crippen molar-refractivity contribution in [2.75, 3.05) is 32.9 Å². The first kappa shape index (κ1) is 26.1. The van der Waals surface area contributed by atoms with Gasteiger partial charge in [-0.25, -0.2) is 4.79 Å². The zero-order valence-electron chi connectivity index (χ0n) is 19.5. The van der Waals surface area contributed by atoms with Gasteiger partial charge in [-0.05, 0) is 55.9 Å². The third-order valence-electron chi connectivity index (χ3n) is 6.15. The number of rotatable bonds is 11. The van der Waals surface area contributed by atoms with Crippen molar-refractivity contribution in [1.29, 1.82) is 0 Å². The number of likely N-dealkylation sites (tertiary alicyclic amines) is 1. The molecule has 1 aliphatic heterocycles. The molecule has 1 aromatic rings. The third-order valence-corrected chi connectivity index (χ3v) is 6.15. The second-order valence-electron chi connectivity index (χ2n) is 8.61. The highest BCUT2D eigenvalue weighted by atomic mass is 16.7. The van der Waals surface area contributed by atoms with Crippen molar-refractivity contribution in [3.8, 4) is 5.75 Å². The number of carbonyl (C=O) groups is 5. The van der Waals surface area contributed by atoms with Gasteiger partial charge >= 0.3 is 6.16 Å². The molecule has 3 N–H and O–H groups in total. The molecule has 35 heavy (non-hydrogen) atoms. The molecule has 0 unspecified atom stereocenters. The molecular formula is C24H31N3O8. The van der Waals surface area contributed by atoms with Crippen LogP contribution in [0.15, 0.2) is 24.3 Å². The number of hydrogen-bond acceptors (Lipinski definition) is 8. The first-order valence-corrected chi connectivity index (χ1v) is 11.8. The van der Waals surface area contributed by atoms with Crippen molar-refractivity contribution in [2.45, 2.75) is 38.5 Å². The minimum absolute atomic E-state index is 0.0157. The second kappa shape index (κ2) is 12.8. The molecule has 11 nitrogen and oxygen atoms in total. The summed E-state index contributed by atoms with van der Waals surface area (Å²) < 4.78 is 15.2. The normalized spacial score (nSPS) is 19.9. The Morgan fingerprint density at radius 1 is 0.943 bits per heavy atom. The molecular weight excluding hydrogens is 458 g/mol. The molecule has 0 bridgehead atoms. The monoisotopic (exact) mass is 489 g/mol. The second-order valence-corrected chi connectivity index (χ2v) is 8.61. The number of imide groups is 1. The highest BCUT2D eigenvalue weighted by molar-refractivity contribution is 6.01. The summed E-state index contributed by atoms with van der Waals surface area (Å²) in [4.78, 5) is 59.9. The average Bonchev–Trinajstić information content (AvgIpc) is 3.16. The van der Waals surface area contributed by atoms with Crippen LogP contribution in [-0.2, 0) is 23.9 Å². The highest BCUT2D eigenvalue weighted by Gasteiger charge is 2.33. The molecule has 1 aromatic carbocycles. The predicted octanol–water partition coefficient (Wildman–Crippen LogP) is 1.39. The van der Waals surface area contributed by atoms with Gasteiger partial charge in [0.05, 0.1) is 13.2 Å². The van der Waals surface area contributed by atoms with E-state index in [2.05, 4.69) is 5.32 Å². The Kier molecular flexibility index (Phi) is 9.59. The first-order chi connectivity index (χ1) is 16.8. The topological polar surface area (TPSA) is 154 Å². The summed E-state index contributed by atoms with van der Waals surface area (Å²) in [6, 6.07) is 5.74. The summed E-state index contributed by atoms with van der Waals surface area (Å²) in [5, 5.41) is 2.85. The van der Waals surface area contributed by atoms with Crippen LogP contribution in [-0.4, -0.2) is 67.6 Å². The molecule has 0 radical (unpaired) electrons. The van der Waals surface area contributed by atoms with Crippen LogP contribution in [0.5, 0.6) is 5.75 Å². The molecule has 1 saturated heterocycles. The van der Waals surface area contributed by atoms with Crippen LogP contribution in [0.1, 0.15) is 48.9 Å². The molecule has 3 rings (SSSR count). The van der Waals surface area contributed by atoms with E-state index in [1.807, 2.05) is 0 Å². The van der Waals surface area contributed by atoms with Crippen molar-refractivity contribution in [3.05, 3.63) is 29.8 Å². The quantitative estimate of drug-likeness (QED) is 0.205. The molecule has 2 fully saturated rings. The molecule has 190 valence electrons. The van der Waals surface area contributed by atoms with Crippen LogP contribution in [0.2, 0.25) is 0 Å². The van der Waals surface area contributed by atoms with Gasteiger partial charge in [-0.1, -0.05) is 0 Å². The number of amides is 4. The number of benzene rings is 1. The maximum atomic E-state index is 12.4. The Morgan fingerprint density at radius 2 is 1.60 bits per heavy atom. The zero-order valence-corrected chi connectivity index (χ0v) is 19.5. The van der Waals surface area contributed by atoms with E-state index in [9.17, 15) is 24.0 Å². The number of nitrogens with one attached hydrogen (secondary N) is 1. The fourth-order valence-electron chi connectivity index (χ4n) is 4.18. The molecule has 0 aromatic heterocycles. The van der Waals surface area contributed by atoms with Crippen LogP contribution in [0.4, 0.5) is 4.79 Å². The van der Waals surface area contributed by atoms with Gasteiger partial charge in [-0.2, -0.15) is 0 Å². The average molecular weight is 490 g/mol. The van der Waals surface area contributed by atoms with Crippen molar-refractivity contribution in [3.63, 3.8) is 0 Å². The number of nitrogens with two attached hydrogens (primary N) is 1. The minimum atomic E-state index is -0.900. The van der Waals surface area contributed by atoms with Gasteiger partial charge in [0.15, 0.2) is 0 Å². The van der Waals surface area contributed by atoms with E-state index in [0.29, 0.717) is 31.5 Å². The molecule has 1 heterocycles. The number of hydrogen-bond donors (Lipinski definition) is 2. The van der Waals surface area contributed by atoms with Crippen molar-refractivity contribution < 1.29 is 38.2 Å².